The summed E-state index contributed by atoms with van der Waals surface area (Å²) in [7, 11) is 0. The van der Waals surface area contributed by atoms with Gasteiger partial charge >= 0.3 is 0 Å². The van der Waals surface area contributed by atoms with Gasteiger partial charge in [0.25, 0.3) is 0 Å². The summed E-state index contributed by atoms with van der Waals surface area (Å²) in [4.78, 5) is 5.26. The summed E-state index contributed by atoms with van der Waals surface area (Å²) in [5, 5.41) is 0. The summed E-state index contributed by atoms with van der Waals surface area (Å²) in [6.45, 7) is 9.40. The van der Waals surface area contributed by atoms with Crippen LogP contribution in [0.3, 0.4) is 0 Å². The average molecular weight is 477 g/mol. The second kappa shape index (κ2) is 24.1. The Hall–Kier alpha value is -0.660. The first-order valence-corrected chi connectivity index (χ1v) is 16.0. The maximum Gasteiger partial charge on any atom is 0.101 e. The van der Waals surface area contributed by atoms with E-state index in [2.05, 4.69) is 43.0 Å². The number of rotatable bonds is 26. The summed E-state index contributed by atoms with van der Waals surface area (Å²) < 4.78 is 0. The monoisotopic (exact) mass is 477 g/mol. The molecule has 1 aliphatic rings. The van der Waals surface area contributed by atoms with Crippen LogP contribution in [0.2, 0.25) is 0 Å². The minimum absolute atomic E-state index is 0.641. The SMILES string of the molecule is CCCCCCCCCCCCCCCCCCCN1C=CN(CCC)C1CCCCCCC. The molecule has 1 rings (SSSR count). The molecule has 0 bridgehead atoms. The fourth-order valence-corrected chi connectivity index (χ4v) is 5.55. The van der Waals surface area contributed by atoms with Crippen LogP contribution >= 0.6 is 0 Å². The fraction of sp³-hybridized carbons (Fsp3) is 0.938. The molecule has 1 aliphatic heterocycles. The number of nitrogens with zero attached hydrogens (tertiary/aromatic N) is 2. The van der Waals surface area contributed by atoms with Gasteiger partial charge in [0.15, 0.2) is 0 Å². The highest BCUT2D eigenvalue weighted by Gasteiger charge is 2.24. The highest BCUT2D eigenvalue weighted by molar-refractivity contribution is 4.96. The molecular weight excluding hydrogens is 412 g/mol. The zero-order valence-corrected chi connectivity index (χ0v) is 24.0. The molecule has 0 N–H and O–H groups in total. The van der Waals surface area contributed by atoms with Crippen LogP contribution in [-0.4, -0.2) is 29.1 Å². The molecule has 0 aromatic heterocycles. The molecule has 1 atom stereocenters. The summed E-state index contributed by atoms with van der Waals surface area (Å²) in [6.07, 6.45) is 39.7. The van der Waals surface area contributed by atoms with E-state index in [-0.39, 0.29) is 0 Å². The third kappa shape index (κ3) is 16.9. The summed E-state index contributed by atoms with van der Waals surface area (Å²) in [6, 6.07) is 0. The lowest BCUT2D eigenvalue weighted by Gasteiger charge is -2.33. The van der Waals surface area contributed by atoms with E-state index in [0.717, 1.165) is 0 Å². The number of hydrogen-bond donors (Lipinski definition) is 0. The van der Waals surface area contributed by atoms with Gasteiger partial charge in [-0.1, -0.05) is 149 Å². The number of hydrogen-bond acceptors (Lipinski definition) is 2. The molecule has 0 aromatic carbocycles. The molecule has 0 aliphatic carbocycles. The molecule has 0 fully saturated rings. The van der Waals surface area contributed by atoms with Gasteiger partial charge in [0.05, 0.1) is 0 Å². The van der Waals surface area contributed by atoms with E-state index in [1.807, 2.05) is 0 Å². The highest BCUT2D eigenvalue weighted by Crippen LogP contribution is 2.23. The van der Waals surface area contributed by atoms with Crippen molar-refractivity contribution >= 4 is 0 Å². The van der Waals surface area contributed by atoms with Crippen LogP contribution in [-0.2, 0) is 0 Å². The van der Waals surface area contributed by atoms with Gasteiger partial charge < -0.3 is 9.80 Å². The van der Waals surface area contributed by atoms with Gasteiger partial charge in [-0.3, -0.25) is 0 Å². The minimum atomic E-state index is 0.641. The predicted molar refractivity (Wildman–Crippen MR) is 154 cm³/mol. The zero-order valence-electron chi connectivity index (χ0n) is 24.0. The van der Waals surface area contributed by atoms with Gasteiger partial charge in [0, 0.05) is 25.5 Å². The largest absolute Gasteiger partial charge is 0.356 e. The van der Waals surface area contributed by atoms with E-state index in [1.165, 1.54) is 167 Å². The molecule has 0 saturated heterocycles. The van der Waals surface area contributed by atoms with Crippen LogP contribution in [0.5, 0.6) is 0 Å². The van der Waals surface area contributed by atoms with Crippen molar-refractivity contribution in [2.24, 2.45) is 0 Å². The van der Waals surface area contributed by atoms with Gasteiger partial charge in [-0.2, -0.15) is 0 Å². The van der Waals surface area contributed by atoms with Gasteiger partial charge in [-0.25, -0.2) is 0 Å². The fourth-order valence-electron chi connectivity index (χ4n) is 5.55. The Balaban J connectivity index is 1.94. The Bertz CT molecular complexity index is 433. The Morgan fingerprint density at radius 2 is 0.735 bits per heavy atom. The number of unbranched alkanes of at least 4 members (excludes halogenated alkanes) is 20. The molecule has 2 heteroatoms. The maximum atomic E-state index is 2.65. The summed E-state index contributed by atoms with van der Waals surface area (Å²) in [5.41, 5.74) is 0. The molecular formula is C32H64N2. The van der Waals surface area contributed by atoms with E-state index < -0.39 is 0 Å². The van der Waals surface area contributed by atoms with Crippen molar-refractivity contribution in [1.29, 1.82) is 0 Å². The first kappa shape index (κ1) is 31.4. The summed E-state index contributed by atoms with van der Waals surface area (Å²) >= 11 is 0. The molecule has 2 nitrogen and oxygen atoms in total. The molecule has 202 valence electrons. The predicted octanol–water partition coefficient (Wildman–Crippen LogP) is 10.8. The van der Waals surface area contributed by atoms with Crippen LogP contribution in [0.1, 0.15) is 175 Å². The van der Waals surface area contributed by atoms with Gasteiger partial charge in [-0.15, -0.1) is 0 Å². The van der Waals surface area contributed by atoms with Crippen molar-refractivity contribution in [2.75, 3.05) is 13.1 Å². The van der Waals surface area contributed by atoms with E-state index in [4.69, 9.17) is 0 Å². The molecule has 1 unspecified atom stereocenters. The van der Waals surface area contributed by atoms with Crippen molar-refractivity contribution in [1.82, 2.24) is 9.80 Å². The average Bonchev–Trinajstić information content (AvgIpc) is 3.22. The Morgan fingerprint density at radius 1 is 0.382 bits per heavy atom. The lowest BCUT2D eigenvalue weighted by atomic mass is 10.0. The maximum absolute atomic E-state index is 2.65. The van der Waals surface area contributed by atoms with Crippen molar-refractivity contribution in [3.05, 3.63) is 12.4 Å². The zero-order chi connectivity index (χ0) is 24.5. The highest BCUT2D eigenvalue weighted by atomic mass is 15.4. The first-order chi connectivity index (χ1) is 16.8. The second-order valence-corrected chi connectivity index (χ2v) is 11.1. The minimum Gasteiger partial charge on any atom is -0.356 e. The molecule has 34 heavy (non-hydrogen) atoms. The van der Waals surface area contributed by atoms with Gasteiger partial charge in [-0.05, 0) is 25.7 Å². The Morgan fingerprint density at radius 3 is 1.15 bits per heavy atom. The molecule has 0 saturated carbocycles. The lowest BCUT2D eigenvalue weighted by molar-refractivity contribution is 0.137. The third-order valence-electron chi connectivity index (χ3n) is 7.78. The van der Waals surface area contributed by atoms with Crippen LogP contribution in [0.15, 0.2) is 12.4 Å². The molecule has 0 spiro atoms. The van der Waals surface area contributed by atoms with Crippen LogP contribution < -0.4 is 0 Å². The van der Waals surface area contributed by atoms with E-state index >= 15 is 0 Å². The quantitative estimate of drug-likeness (QED) is 0.114. The van der Waals surface area contributed by atoms with E-state index in [9.17, 15) is 0 Å². The van der Waals surface area contributed by atoms with Crippen molar-refractivity contribution in [2.45, 2.75) is 181 Å². The summed E-state index contributed by atoms with van der Waals surface area (Å²) in [5.74, 6) is 0. The van der Waals surface area contributed by atoms with Crippen LogP contribution in [0.25, 0.3) is 0 Å². The van der Waals surface area contributed by atoms with Crippen molar-refractivity contribution < 1.29 is 0 Å². The molecule has 0 radical (unpaired) electrons. The first-order valence-electron chi connectivity index (χ1n) is 16.0. The normalized spacial score (nSPS) is 15.7. The molecule has 0 amide bonds. The van der Waals surface area contributed by atoms with Crippen LogP contribution in [0.4, 0.5) is 0 Å². The third-order valence-corrected chi connectivity index (χ3v) is 7.78. The van der Waals surface area contributed by atoms with Crippen LogP contribution in [0, 0.1) is 0 Å². The standard InChI is InChI=1S/C32H64N2/c1-4-7-9-11-12-13-14-15-16-17-18-19-20-21-22-24-26-29-34-31-30-33(28-6-3)32(34)27-25-23-10-8-5-2/h30-32H,4-29H2,1-3H3. The van der Waals surface area contributed by atoms with E-state index in [1.54, 1.807) is 0 Å². The second-order valence-electron chi connectivity index (χ2n) is 11.1. The van der Waals surface area contributed by atoms with Crippen molar-refractivity contribution in [3.8, 4) is 0 Å². The Kier molecular flexibility index (Phi) is 22.2. The smallest absolute Gasteiger partial charge is 0.101 e. The Labute approximate surface area is 216 Å². The van der Waals surface area contributed by atoms with Gasteiger partial charge in [0.2, 0.25) is 0 Å². The van der Waals surface area contributed by atoms with E-state index in [0.29, 0.717) is 6.17 Å². The van der Waals surface area contributed by atoms with Gasteiger partial charge in [0.1, 0.15) is 6.17 Å². The van der Waals surface area contributed by atoms with Crippen molar-refractivity contribution in [3.63, 3.8) is 0 Å². The molecule has 1 heterocycles. The topological polar surface area (TPSA) is 6.48 Å². The molecule has 0 aromatic rings. The lowest BCUT2D eigenvalue weighted by Crippen LogP contribution is -2.39.